The first-order chi connectivity index (χ1) is 8.71. The topological polar surface area (TPSA) is 29.9 Å². The van der Waals surface area contributed by atoms with E-state index in [1.165, 1.54) is 44.1 Å². The third kappa shape index (κ3) is 1.80. The van der Waals surface area contributed by atoms with Gasteiger partial charge < -0.3 is 5.32 Å². The van der Waals surface area contributed by atoms with E-state index < -0.39 is 0 Å². The van der Waals surface area contributed by atoms with Gasteiger partial charge in [0.05, 0.1) is 6.20 Å². The van der Waals surface area contributed by atoms with Crippen LogP contribution in [0, 0.1) is 17.8 Å². The van der Waals surface area contributed by atoms with E-state index in [0.717, 1.165) is 24.3 Å². The summed E-state index contributed by atoms with van der Waals surface area (Å²) in [6.07, 6.45) is 13.0. The molecule has 18 heavy (non-hydrogen) atoms. The van der Waals surface area contributed by atoms with E-state index >= 15 is 0 Å². The fourth-order valence-electron chi connectivity index (χ4n) is 5.18. The zero-order valence-corrected chi connectivity index (χ0v) is 11.2. The van der Waals surface area contributed by atoms with Crippen LogP contribution >= 0.6 is 0 Å². The van der Waals surface area contributed by atoms with E-state index in [-0.39, 0.29) is 0 Å². The van der Waals surface area contributed by atoms with E-state index in [4.69, 9.17) is 0 Å². The van der Waals surface area contributed by atoms with Crippen molar-refractivity contribution >= 4 is 0 Å². The maximum absolute atomic E-state index is 4.26. The number of aromatic nitrogens is 2. The summed E-state index contributed by atoms with van der Waals surface area (Å²) < 4.78 is 1.90. The first-order valence-corrected chi connectivity index (χ1v) is 7.43. The summed E-state index contributed by atoms with van der Waals surface area (Å²) in [5.74, 6) is 3.08. The second-order valence-electron chi connectivity index (χ2n) is 7.07. The van der Waals surface area contributed by atoms with Gasteiger partial charge in [-0.05, 0) is 56.3 Å². The minimum atomic E-state index is 0.477. The van der Waals surface area contributed by atoms with Gasteiger partial charge in [0, 0.05) is 30.9 Å². The van der Waals surface area contributed by atoms with Crippen LogP contribution in [0.3, 0.4) is 0 Å². The van der Waals surface area contributed by atoms with Gasteiger partial charge in [-0.1, -0.05) is 0 Å². The van der Waals surface area contributed by atoms with Crippen LogP contribution in [0.4, 0.5) is 0 Å². The molecule has 0 saturated heterocycles. The highest BCUT2D eigenvalue weighted by Crippen LogP contribution is 2.55. The molecule has 98 valence electrons. The Morgan fingerprint density at radius 1 is 1.22 bits per heavy atom. The molecule has 4 fully saturated rings. The molecule has 4 aliphatic carbocycles. The summed E-state index contributed by atoms with van der Waals surface area (Å²) in [5, 5.41) is 8.16. The highest BCUT2D eigenvalue weighted by molar-refractivity contribution is 5.09. The summed E-state index contributed by atoms with van der Waals surface area (Å²) in [7, 11) is 1.99. The van der Waals surface area contributed by atoms with Gasteiger partial charge >= 0.3 is 0 Å². The van der Waals surface area contributed by atoms with Crippen LogP contribution in [0.2, 0.25) is 0 Å². The molecule has 4 bridgehead atoms. The van der Waals surface area contributed by atoms with Crippen LogP contribution in [0.5, 0.6) is 0 Å². The number of nitrogens with one attached hydrogen (secondary N) is 1. The Labute approximate surface area is 109 Å². The minimum Gasteiger partial charge on any atom is -0.307 e. The molecular weight excluding hydrogens is 222 g/mol. The number of hydrogen-bond acceptors (Lipinski definition) is 2. The van der Waals surface area contributed by atoms with E-state index in [2.05, 4.69) is 16.6 Å². The fourth-order valence-corrected chi connectivity index (χ4v) is 5.18. The number of aryl methyl sites for hydroxylation is 1. The molecule has 0 radical (unpaired) electrons. The molecule has 0 amide bonds. The summed E-state index contributed by atoms with van der Waals surface area (Å²) >= 11 is 0. The van der Waals surface area contributed by atoms with Crippen LogP contribution in [0.25, 0.3) is 0 Å². The Morgan fingerprint density at radius 3 is 2.33 bits per heavy atom. The maximum atomic E-state index is 4.26. The quantitative estimate of drug-likeness (QED) is 0.886. The molecule has 0 unspecified atom stereocenters. The van der Waals surface area contributed by atoms with E-state index in [1.54, 1.807) is 0 Å². The molecule has 1 N–H and O–H groups in total. The highest BCUT2D eigenvalue weighted by atomic mass is 15.2. The van der Waals surface area contributed by atoms with Crippen molar-refractivity contribution in [1.82, 2.24) is 15.1 Å². The molecule has 1 aromatic rings. The van der Waals surface area contributed by atoms with Crippen LogP contribution in [0.1, 0.15) is 44.1 Å². The zero-order chi connectivity index (χ0) is 12.2. The van der Waals surface area contributed by atoms with Crippen molar-refractivity contribution in [2.75, 3.05) is 0 Å². The van der Waals surface area contributed by atoms with E-state index in [0.29, 0.717) is 5.54 Å². The predicted octanol–water partition coefficient (Wildman–Crippen LogP) is 2.48. The van der Waals surface area contributed by atoms with Crippen molar-refractivity contribution in [3.05, 3.63) is 18.0 Å². The second kappa shape index (κ2) is 3.83. The van der Waals surface area contributed by atoms with Gasteiger partial charge in [0.25, 0.3) is 0 Å². The number of hydrogen-bond donors (Lipinski definition) is 1. The summed E-state index contributed by atoms with van der Waals surface area (Å²) in [5.41, 5.74) is 1.80. The highest BCUT2D eigenvalue weighted by Gasteiger charge is 2.50. The van der Waals surface area contributed by atoms with Gasteiger partial charge in [0.2, 0.25) is 0 Å². The summed E-state index contributed by atoms with van der Waals surface area (Å²) in [4.78, 5) is 0. The molecule has 3 heteroatoms. The molecule has 4 saturated carbocycles. The van der Waals surface area contributed by atoms with Gasteiger partial charge in [-0.25, -0.2) is 0 Å². The Kier molecular flexibility index (Phi) is 2.35. The normalized spacial score (nSPS) is 41.5. The molecular formula is C15H23N3. The molecule has 1 heterocycles. The van der Waals surface area contributed by atoms with Crippen molar-refractivity contribution in [2.45, 2.75) is 50.6 Å². The maximum Gasteiger partial charge on any atom is 0.0534 e. The average Bonchev–Trinajstić information content (AvgIpc) is 2.71. The van der Waals surface area contributed by atoms with Crippen LogP contribution in [0.15, 0.2) is 12.4 Å². The van der Waals surface area contributed by atoms with Crippen molar-refractivity contribution in [3.63, 3.8) is 0 Å². The van der Waals surface area contributed by atoms with Gasteiger partial charge in [0.1, 0.15) is 0 Å². The van der Waals surface area contributed by atoms with Crippen LogP contribution in [-0.4, -0.2) is 15.3 Å². The molecule has 0 spiro atoms. The number of rotatable bonds is 3. The Bertz CT molecular complexity index is 413. The third-order valence-corrected chi connectivity index (χ3v) is 5.46. The molecule has 0 aliphatic heterocycles. The van der Waals surface area contributed by atoms with Crippen molar-refractivity contribution in [2.24, 2.45) is 24.8 Å². The van der Waals surface area contributed by atoms with Gasteiger partial charge in [-0.3, -0.25) is 4.68 Å². The molecule has 5 rings (SSSR count). The lowest BCUT2D eigenvalue weighted by atomic mass is 9.53. The van der Waals surface area contributed by atoms with E-state index in [1.807, 2.05) is 17.9 Å². The lowest BCUT2D eigenvalue weighted by Gasteiger charge is -2.57. The number of nitrogens with zero attached hydrogens (tertiary/aromatic N) is 2. The van der Waals surface area contributed by atoms with E-state index in [9.17, 15) is 0 Å². The van der Waals surface area contributed by atoms with Gasteiger partial charge in [-0.15, -0.1) is 0 Å². The summed E-state index contributed by atoms with van der Waals surface area (Å²) in [6.45, 7) is 1.00. The smallest absolute Gasteiger partial charge is 0.0534 e. The monoisotopic (exact) mass is 245 g/mol. The van der Waals surface area contributed by atoms with Crippen LogP contribution < -0.4 is 5.32 Å². The predicted molar refractivity (Wildman–Crippen MR) is 71.0 cm³/mol. The molecule has 4 aliphatic rings. The lowest BCUT2D eigenvalue weighted by Crippen LogP contribution is -2.58. The standard InChI is InChI=1S/C15H23N3/c1-18-10-14(9-17-18)8-16-15-5-11-2-12(6-15)4-13(3-11)7-15/h9-13,16H,2-8H2,1H3. The molecule has 1 aromatic heterocycles. The zero-order valence-electron chi connectivity index (χ0n) is 11.2. The van der Waals surface area contributed by atoms with Crippen LogP contribution in [-0.2, 0) is 13.6 Å². The Morgan fingerprint density at radius 2 is 1.83 bits per heavy atom. The Hall–Kier alpha value is -0.830. The molecule has 0 aromatic carbocycles. The first-order valence-electron chi connectivity index (χ1n) is 7.43. The molecule has 0 atom stereocenters. The minimum absolute atomic E-state index is 0.477. The van der Waals surface area contributed by atoms with Crippen molar-refractivity contribution in [3.8, 4) is 0 Å². The van der Waals surface area contributed by atoms with Gasteiger partial charge in [0.15, 0.2) is 0 Å². The fraction of sp³-hybridized carbons (Fsp3) is 0.800. The largest absolute Gasteiger partial charge is 0.307 e. The Balaban J connectivity index is 1.47. The lowest BCUT2D eigenvalue weighted by molar-refractivity contribution is -0.0206. The van der Waals surface area contributed by atoms with Crippen molar-refractivity contribution < 1.29 is 0 Å². The second-order valence-corrected chi connectivity index (χ2v) is 7.07. The summed E-state index contributed by atoms with van der Waals surface area (Å²) in [6, 6.07) is 0. The van der Waals surface area contributed by atoms with Gasteiger partial charge in [-0.2, -0.15) is 5.10 Å². The SMILES string of the molecule is Cn1cc(CNC23CC4CC(CC(C4)C2)C3)cn1. The first kappa shape index (κ1) is 11.0. The molecule has 3 nitrogen and oxygen atoms in total. The third-order valence-electron chi connectivity index (χ3n) is 5.46. The van der Waals surface area contributed by atoms with Crippen molar-refractivity contribution in [1.29, 1.82) is 0 Å². The average molecular weight is 245 g/mol.